The van der Waals surface area contributed by atoms with Gasteiger partial charge in [-0.1, -0.05) is 79.9 Å². The van der Waals surface area contributed by atoms with Crippen LogP contribution in [0.3, 0.4) is 0 Å². The lowest BCUT2D eigenvalue weighted by Gasteiger charge is -2.24. The van der Waals surface area contributed by atoms with Gasteiger partial charge in [-0.2, -0.15) is 0 Å². The van der Waals surface area contributed by atoms with Crippen molar-refractivity contribution in [1.82, 2.24) is 0 Å². The molecule has 1 fully saturated rings. The number of phenolic OH excluding ortho intramolecular Hbond substituents is 5. The molecule has 0 heterocycles. The standard InChI is InChI=1S/C44H48O5/c1-26-14-30(10-12-40(26)45)18-36-20-32(16-28(3)42(36)47)22-38-24-35(34-8-6-5-7-9-34)25-39(44(38)49)23-33-17-29(4)43(48)37(21-33)19-31-11-13-41(46)27(2)15-31/h10-17,20-21,24-25,34,45-49H,5-9,18-19,22-23H2,1-4H3. The Hall–Kier alpha value is -4.90. The van der Waals surface area contributed by atoms with Crippen molar-refractivity contribution in [3.8, 4) is 28.7 Å². The number of benzene rings is 5. The molecule has 49 heavy (non-hydrogen) atoms. The molecule has 5 aromatic rings. The van der Waals surface area contributed by atoms with Gasteiger partial charge in [-0.15, -0.1) is 0 Å². The van der Waals surface area contributed by atoms with E-state index in [1.807, 2.05) is 76.2 Å². The van der Waals surface area contributed by atoms with Gasteiger partial charge in [-0.25, -0.2) is 0 Å². The van der Waals surface area contributed by atoms with Gasteiger partial charge in [0.1, 0.15) is 28.7 Å². The summed E-state index contributed by atoms with van der Waals surface area (Å²) in [4.78, 5) is 0. The van der Waals surface area contributed by atoms with Crippen LogP contribution in [0.4, 0.5) is 0 Å². The molecular weight excluding hydrogens is 608 g/mol. The van der Waals surface area contributed by atoms with Crippen molar-refractivity contribution < 1.29 is 25.5 Å². The van der Waals surface area contributed by atoms with Crippen molar-refractivity contribution >= 4 is 0 Å². The van der Waals surface area contributed by atoms with Crippen LogP contribution >= 0.6 is 0 Å². The molecule has 1 saturated carbocycles. The van der Waals surface area contributed by atoms with E-state index in [4.69, 9.17) is 0 Å². The highest BCUT2D eigenvalue weighted by atomic mass is 16.3. The fraction of sp³-hybridized carbons (Fsp3) is 0.318. The molecule has 1 aliphatic carbocycles. The zero-order valence-electron chi connectivity index (χ0n) is 29.1. The molecule has 1 aliphatic rings. The summed E-state index contributed by atoms with van der Waals surface area (Å²) in [6.07, 6.45) is 8.11. The van der Waals surface area contributed by atoms with E-state index in [9.17, 15) is 25.5 Å². The molecule has 0 aliphatic heterocycles. The molecule has 6 rings (SSSR count). The molecule has 0 unspecified atom stereocenters. The van der Waals surface area contributed by atoms with Crippen molar-refractivity contribution in [3.63, 3.8) is 0 Å². The summed E-state index contributed by atoms with van der Waals surface area (Å²) in [6, 6.07) is 23.5. The Morgan fingerprint density at radius 1 is 0.429 bits per heavy atom. The predicted molar refractivity (Wildman–Crippen MR) is 197 cm³/mol. The summed E-state index contributed by atoms with van der Waals surface area (Å²) >= 11 is 0. The molecule has 0 radical (unpaired) electrons. The van der Waals surface area contributed by atoms with Crippen LogP contribution in [0.1, 0.15) is 110 Å². The van der Waals surface area contributed by atoms with Gasteiger partial charge < -0.3 is 25.5 Å². The number of hydrogen-bond donors (Lipinski definition) is 5. The van der Waals surface area contributed by atoms with Crippen LogP contribution in [-0.4, -0.2) is 25.5 Å². The molecule has 0 aromatic heterocycles. The summed E-state index contributed by atoms with van der Waals surface area (Å²) in [5.41, 5.74) is 11.9. The zero-order chi connectivity index (χ0) is 34.8. The molecule has 5 N–H and O–H groups in total. The van der Waals surface area contributed by atoms with Crippen LogP contribution in [0, 0.1) is 27.7 Å². The molecule has 0 bridgehead atoms. The Morgan fingerprint density at radius 3 is 1.24 bits per heavy atom. The SMILES string of the molecule is Cc1cc(Cc2cc(Cc3cc(C4CCCCC4)cc(Cc4cc(C)c(O)c(Cc5ccc(O)c(C)c5)c4)c3O)cc(C)c2O)ccc1O. The summed E-state index contributed by atoms with van der Waals surface area (Å²) in [5.74, 6) is 1.81. The highest BCUT2D eigenvalue weighted by molar-refractivity contribution is 5.53. The van der Waals surface area contributed by atoms with Crippen LogP contribution in [0.25, 0.3) is 0 Å². The van der Waals surface area contributed by atoms with Gasteiger partial charge in [0.15, 0.2) is 0 Å². The van der Waals surface area contributed by atoms with Gasteiger partial charge in [0.25, 0.3) is 0 Å². The summed E-state index contributed by atoms with van der Waals surface area (Å²) in [5, 5.41) is 53.9. The first-order valence-electron chi connectivity index (χ1n) is 17.5. The number of phenols is 5. The first kappa shape index (κ1) is 34.0. The highest BCUT2D eigenvalue weighted by Crippen LogP contribution is 2.39. The van der Waals surface area contributed by atoms with E-state index in [-0.39, 0.29) is 23.0 Å². The minimum atomic E-state index is 0.258. The largest absolute Gasteiger partial charge is 0.508 e. The third-order valence-corrected chi connectivity index (χ3v) is 10.3. The van der Waals surface area contributed by atoms with E-state index in [2.05, 4.69) is 12.1 Å². The van der Waals surface area contributed by atoms with Gasteiger partial charge >= 0.3 is 0 Å². The van der Waals surface area contributed by atoms with Crippen LogP contribution in [0.2, 0.25) is 0 Å². The Morgan fingerprint density at radius 2 is 0.816 bits per heavy atom. The van der Waals surface area contributed by atoms with Crippen molar-refractivity contribution in [2.45, 2.75) is 91.4 Å². The average Bonchev–Trinajstić information content (AvgIpc) is 3.07. The quantitative estimate of drug-likeness (QED) is 0.109. The number of rotatable bonds is 9. The third-order valence-electron chi connectivity index (χ3n) is 10.3. The number of hydrogen-bond acceptors (Lipinski definition) is 5. The molecule has 0 spiro atoms. The van der Waals surface area contributed by atoms with Crippen molar-refractivity contribution in [2.75, 3.05) is 0 Å². The van der Waals surface area contributed by atoms with Gasteiger partial charge in [0.05, 0.1) is 0 Å². The summed E-state index contributed by atoms with van der Waals surface area (Å²) in [7, 11) is 0. The van der Waals surface area contributed by atoms with E-state index >= 15 is 0 Å². The lowest BCUT2D eigenvalue weighted by molar-refractivity contribution is 0.439. The Balaban J connectivity index is 1.35. The summed E-state index contributed by atoms with van der Waals surface area (Å²) in [6.45, 7) is 7.57. The number of aryl methyl sites for hydroxylation is 4. The number of aromatic hydroxyl groups is 5. The topological polar surface area (TPSA) is 101 Å². The highest BCUT2D eigenvalue weighted by Gasteiger charge is 2.21. The molecule has 5 nitrogen and oxygen atoms in total. The van der Waals surface area contributed by atoms with Gasteiger partial charge in [0.2, 0.25) is 0 Å². The molecule has 5 aromatic carbocycles. The second-order valence-corrected chi connectivity index (χ2v) is 14.3. The fourth-order valence-corrected chi connectivity index (χ4v) is 7.60. The van der Waals surface area contributed by atoms with Crippen molar-refractivity contribution in [3.05, 3.63) is 145 Å². The first-order chi connectivity index (χ1) is 23.4. The molecule has 254 valence electrons. The predicted octanol–water partition coefficient (Wildman–Crippen LogP) is 9.86. The minimum Gasteiger partial charge on any atom is -0.508 e. The van der Waals surface area contributed by atoms with E-state index in [0.717, 1.165) is 79.6 Å². The molecule has 0 saturated heterocycles. The lowest BCUT2D eigenvalue weighted by Crippen LogP contribution is -2.07. The maximum atomic E-state index is 11.9. The molecule has 0 atom stereocenters. The van der Waals surface area contributed by atoms with Crippen LogP contribution in [-0.2, 0) is 25.7 Å². The third kappa shape index (κ3) is 7.72. The normalized spacial score (nSPS) is 13.6. The Labute approximate surface area is 290 Å². The maximum Gasteiger partial charge on any atom is 0.122 e. The van der Waals surface area contributed by atoms with Crippen LogP contribution in [0.5, 0.6) is 28.7 Å². The van der Waals surface area contributed by atoms with Crippen molar-refractivity contribution in [1.29, 1.82) is 0 Å². The Kier molecular flexibility index (Phi) is 9.91. The fourth-order valence-electron chi connectivity index (χ4n) is 7.60. The second-order valence-electron chi connectivity index (χ2n) is 14.3. The summed E-state index contributed by atoms with van der Waals surface area (Å²) < 4.78 is 0. The van der Waals surface area contributed by atoms with E-state index in [1.54, 1.807) is 12.1 Å². The van der Waals surface area contributed by atoms with Crippen LogP contribution < -0.4 is 0 Å². The minimum absolute atomic E-state index is 0.258. The van der Waals surface area contributed by atoms with Gasteiger partial charge in [0, 0.05) is 25.7 Å². The maximum absolute atomic E-state index is 11.9. The first-order valence-corrected chi connectivity index (χ1v) is 17.5. The van der Waals surface area contributed by atoms with E-state index in [0.29, 0.717) is 37.4 Å². The average molecular weight is 657 g/mol. The monoisotopic (exact) mass is 656 g/mol. The zero-order valence-corrected chi connectivity index (χ0v) is 29.1. The van der Waals surface area contributed by atoms with E-state index < -0.39 is 0 Å². The van der Waals surface area contributed by atoms with Gasteiger partial charge in [-0.05, 0) is 131 Å². The molecular formula is C44H48O5. The van der Waals surface area contributed by atoms with E-state index in [1.165, 1.54) is 24.8 Å². The lowest BCUT2D eigenvalue weighted by atomic mass is 9.81. The van der Waals surface area contributed by atoms with Crippen LogP contribution in [0.15, 0.2) is 72.8 Å². The molecule has 5 heteroatoms. The van der Waals surface area contributed by atoms with Gasteiger partial charge in [-0.3, -0.25) is 0 Å². The smallest absolute Gasteiger partial charge is 0.122 e. The Bertz CT molecular complexity index is 1870. The molecule has 0 amide bonds. The second kappa shape index (κ2) is 14.3. The van der Waals surface area contributed by atoms with Crippen molar-refractivity contribution in [2.24, 2.45) is 0 Å².